The third kappa shape index (κ3) is 3.67. The maximum atomic E-state index is 12.4. The van der Waals surface area contributed by atoms with Gasteiger partial charge in [-0.3, -0.25) is 9.59 Å². The molecule has 1 aliphatic rings. The molecule has 5 nitrogen and oxygen atoms in total. The summed E-state index contributed by atoms with van der Waals surface area (Å²) in [7, 11) is 1.60. The molecule has 126 valence electrons. The van der Waals surface area contributed by atoms with E-state index in [1.807, 2.05) is 12.1 Å². The van der Waals surface area contributed by atoms with Crippen molar-refractivity contribution < 1.29 is 14.0 Å². The van der Waals surface area contributed by atoms with Crippen LogP contribution in [0, 0.1) is 0 Å². The number of amides is 2. The molecule has 0 saturated carbocycles. The number of benzene rings is 1. The lowest BCUT2D eigenvalue weighted by atomic mass is 9.99. The summed E-state index contributed by atoms with van der Waals surface area (Å²) in [4.78, 5) is 25.9. The van der Waals surface area contributed by atoms with Crippen molar-refractivity contribution in [1.29, 1.82) is 0 Å². The molecule has 1 aromatic carbocycles. The smallest absolute Gasteiger partial charge is 0.289 e. The highest BCUT2D eigenvalue weighted by molar-refractivity contribution is 5.94. The van der Waals surface area contributed by atoms with Gasteiger partial charge in [0.15, 0.2) is 5.76 Å². The summed E-state index contributed by atoms with van der Waals surface area (Å²) in [6.07, 6.45) is 5.66. The number of nitrogens with zero attached hydrogens (tertiary/aromatic N) is 1. The van der Waals surface area contributed by atoms with Crippen molar-refractivity contribution in [3.8, 4) is 0 Å². The number of hydrogen-bond donors (Lipinski definition) is 1. The molecule has 1 atom stereocenters. The first-order valence-corrected chi connectivity index (χ1v) is 8.31. The SMILES string of the molecule is CN(CC(=O)NC1CCCCc2ccccc21)C(=O)c1ccco1. The number of nitrogens with one attached hydrogen (secondary N) is 1. The van der Waals surface area contributed by atoms with Crippen LogP contribution in [0.3, 0.4) is 0 Å². The van der Waals surface area contributed by atoms with E-state index in [1.165, 1.54) is 22.3 Å². The van der Waals surface area contributed by atoms with Crippen LogP contribution in [0.5, 0.6) is 0 Å². The van der Waals surface area contributed by atoms with Gasteiger partial charge in [-0.15, -0.1) is 0 Å². The number of furan rings is 1. The van der Waals surface area contributed by atoms with Crippen molar-refractivity contribution in [1.82, 2.24) is 10.2 Å². The van der Waals surface area contributed by atoms with Crippen LogP contribution in [0.25, 0.3) is 0 Å². The zero-order chi connectivity index (χ0) is 16.9. The Kier molecular flexibility index (Phi) is 4.99. The average Bonchev–Trinajstić information content (AvgIpc) is 3.04. The highest BCUT2D eigenvalue weighted by Crippen LogP contribution is 2.28. The molecule has 0 spiro atoms. The highest BCUT2D eigenvalue weighted by atomic mass is 16.3. The maximum absolute atomic E-state index is 12.4. The predicted octanol–water partition coefficient (Wildman–Crippen LogP) is 2.94. The van der Waals surface area contributed by atoms with Gasteiger partial charge < -0.3 is 14.6 Å². The van der Waals surface area contributed by atoms with Crippen molar-refractivity contribution in [2.75, 3.05) is 13.6 Å². The second kappa shape index (κ2) is 7.34. The Hall–Kier alpha value is -2.56. The molecule has 3 rings (SSSR count). The van der Waals surface area contributed by atoms with Crippen LogP contribution >= 0.6 is 0 Å². The van der Waals surface area contributed by atoms with Crippen LogP contribution in [-0.4, -0.2) is 30.3 Å². The van der Waals surface area contributed by atoms with E-state index in [4.69, 9.17) is 4.42 Å². The van der Waals surface area contributed by atoms with Gasteiger partial charge in [0.1, 0.15) is 0 Å². The fourth-order valence-corrected chi connectivity index (χ4v) is 3.19. The normalized spacial score (nSPS) is 16.8. The Labute approximate surface area is 141 Å². The molecule has 1 aliphatic carbocycles. The molecule has 1 aromatic heterocycles. The highest BCUT2D eigenvalue weighted by Gasteiger charge is 2.22. The Bertz CT molecular complexity index is 709. The van der Waals surface area contributed by atoms with Crippen LogP contribution in [0.4, 0.5) is 0 Å². The molecule has 0 radical (unpaired) electrons. The summed E-state index contributed by atoms with van der Waals surface area (Å²) in [5.74, 6) is -0.208. The topological polar surface area (TPSA) is 62.6 Å². The van der Waals surface area contributed by atoms with Gasteiger partial charge in [0.05, 0.1) is 18.8 Å². The van der Waals surface area contributed by atoms with Crippen LogP contribution in [-0.2, 0) is 11.2 Å². The van der Waals surface area contributed by atoms with Crippen LogP contribution in [0.2, 0.25) is 0 Å². The summed E-state index contributed by atoms with van der Waals surface area (Å²) in [6.45, 7) is 0.0121. The number of hydrogen-bond acceptors (Lipinski definition) is 3. The largest absolute Gasteiger partial charge is 0.459 e. The Morgan fingerprint density at radius 1 is 1.21 bits per heavy atom. The molecule has 1 unspecified atom stereocenters. The molecule has 2 aromatic rings. The first-order chi connectivity index (χ1) is 11.6. The quantitative estimate of drug-likeness (QED) is 0.879. The third-order valence-electron chi connectivity index (χ3n) is 4.41. The van der Waals surface area contributed by atoms with Crippen LogP contribution in [0.15, 0.2) is 47.1 Å². The first-order valence-electron chi connectivity index (χ1n) is 8.31. The zero-order valence-corrected chi connectivity index (χ0v) is 13.8. The lowest BCUT2D eigenvalue weighted by molar-refractivity contribution is -0.122. The minimum atomic E-state index is -0.295. The van der Waals surface area contributed by atoms with Gasteiger partial charge in [-0.05, 0) is 42.5 Å². The molecule has 0 bridgehead atoms. The number of likely N-dealkylation sites (N-methyl/N-ethyl adjacent to an activating group) is 1. The summed E-state index contributed by atoms with van der Waals surface area (Å²) < 4.78 is 5.09. The minimum Gasteiger partial charge on any atom is -0.459 e. The van der Waals surface area contributed by atoms with Crippen molar-refractivity contribution in [3.63, 3.8) is 0 Å². The van der Waals surface area contributed by atoms with Crippen molar-refractivity contribution in [2.24, 2.45) is 0 Å². The molecule has 0 fully saturated rings. The lowest BCUT2D eigenvalue weighted by Crippen LogP contribution is -2.39. The van der Waals surface area contributed by atoms with E-state index < -0.39 is 0 Å². The van der Waals surface area contributed by atoms with Crippen molar-refractivity contribution >= 4 is 11.8 Å². The fraction of sp³-hybridized carbons (Fsp3) is 0.368. The fourth-order valence-electron chi connectivity index (χ4n) is 3.19. The lowest BCUT2D eigenvalue weighted by Gasteiger charge is -2.21. The second-order valence-corrected chi connectivity index (χ2v) is 6.20. The van der Waals surface area contributed by atoms with E-state index in [0.29, 0.717) is 0 Å². The number of aryl methyl sites for hydroxylation is 1. The van der Waals surface area contributed by atoms with E-state index in [2.05, 4.69) is 17.4 Å². The molecule has 0 aliphatic heterocycles. The summed E-state index contributed by atoms with van der Waals surface area (Å²) >= 11 is 0. The van der Waals surface area contributed by atoms with Gasteiger partial charge in [-0.2, -0.15) is 0 Å². The van der Waals surface area contributed by atoms with Crippen molar-refractivity contribution in [3.05, 3.63) is 59.5 Å². The predicted molar refractivity (Wildman–Crippen MR) is 90.5 cm³/mol. The zero-order valence-electron chi connectivity index (χ0n) is 13.8. The molecular formula is C19H22N2O3. The standard InChI is InChI=1S/C19H22N2O3/c1-21(19(23)17-11-6-12-24-17)13-18(22)20-16-10-5-3-8-14-7-2-4-9-15(14)16/h2,4,6-7,9,11-12,16H,3,5,8,10,13H2,1H3,(H,20,22). The molecular weight excluding hydrogens is 304 g/mol. The van der Waals surface area contributed by atoms with Crippen molar-refractivity contribution in [2.45, 2.75) is 31.7 Å². The maximum Gasteiger partial charge on any atom is 0.289 e. The monoisotopic (exact) mass is 326 g/mol. The molecule has 2 amide bonds. The summed E-state index contributed by atoms with van der Waals surface area (Å²) in [5.41, 5.74) is 2.50. The molecule has 0 saturated heterocycles. The minimum absolute atomic E-state index is 0.0121. The molecule has 1 N–H and O–H groups in total. The Morgan fingerprint density at radius 3 is 2.83 bits per heavy atom. The Balaban J connectivity index is 1.63. The van der Waals surface area contributed by atoms with E-state index in [-0.39, 0.29) is 30.2 Å². The van der Waals surface area contributed by atoms with E-state index in [9.17, 15) is 9.59 Å². The van der Waals surface area contributed by atoms with Gasteiger partial charge in [0.2, 0.25) is 5.91 Å². The number of carbonyl (C=O) groups excluding carboxylic acids is 2. The third-order valence-corrected chi connectivity index (χ3v) is 4.41. The van der Waals surface area contributed by atoms with Crippen LogP contribution in [0.1, 0.15) is 47.0 Å². The molecule has 5 heteroatoms. The van der Waals surface area contributed by atoms with Gasteiger partial charge >= 0.3 is 0 Å². The Morgan fingerprint density at radius 2 is 2.04 bits per heavy atom. The van der Waals surface area contributed by atoms with E-state index >= 15 is 0 Å². The van der Waals surface area contributed by atoms with Gasteiger partial charge in [-0.1, -0.05) is 30.7 Å². The van der Waals surface area contributed by atoms with Gasteiger partial charge in [0.25, 0.3) is 5.91 Å². The second-order valence-electron chi connectivity index (χ2n) is 6.20. The molecule has 1 heterocycles. The van der Waals surface area contributed by atoms with E-state index in [0.717, 1.165) is 25.7 Å². The number of rotatable bonds is 4. The van der Waals surface area contributed by atoms with E-state index in [1.54, 1.807) is 19.2 Å². The first kappa shape index (κ1) is 16.3. The summed E-state index contributed by atoms with van der Waals surface area (Å²) in [6, 6.07) is 11.5. The summed E-state index contributed by atoms with van der Waals surface area (Å²) in [5, 5.41) is 3.08. The number of fused-ring (bicyclic) bond motifs is 1. The van der Waals surface area contributed by atoms with Gasteiger partial charge in [-0.25, -0.2) is 0 Å². The van der Waals surface area contributed by atoms with Gasteiger partial charge in [0, 0.05) is 7.05 Å². The molecule has 24 heavy (non-hydrogen) atoms. The average molecular weight is 326 g/mol. The van der Waals surface area contributed by atoms with Crippen LogP contribution < -0.4 is 5.32 Å². The number of carbonyl (C=O) groups is 2.